The Morgan fingerprint density at radius 2 is 2.16 bits per heavy atom. The molecule has 0 saturated carbocycles. The average Bonchev–Trinajstić information content (AvgIpc) is 3.14. The van der Waals surface area contributed by atoms with Gasteiger partial charge in [0.2, 0.25) is 11.8 Å². The van der Waals surface area contributed by atoms with E-state index in [1.54, 1.807) is 17.9 Å². The lowest BCUT2D eigenvalue weighted by molar-refractivity contribution is -0.151. The van der Waals surface area contributed by atoms with Gasteiger partial charge < -0.3 is 19.8 Å². The highest BCUT2D eigenvalue weighted by Gasteiger charge is 2.48. The molecule has 9 heteroatoms. The number of thioether (sulfide) groups is 1. The monoisotopic (exact) mass is 369 g/mol. The Balaban J connectivity index is 1.77. The Labute approximate surface area is 150 Å². The summed E-state index contributed by atoms with van der Waals surface area (Å²) in [6.45, 7) is 6.12. The lowest BCUT2D eigenvalue weighted by Crippen LogP contribution is -2.41. The van der Waals surface area contributed by atoms with Gasteiger partial charge in [-0.1, -0.05) is 19.0 Å². The number of aromatic nitrogens is 1. The van der Waals surface area contributed by atoms with Crippen molar-refractivity contribution in [3.63, 3.8) is 0 Å². The van der Waals surface area contributed by atoms with Crippen LogP contribution in [-0.4, -0.2) is 57.5 Å². The number of carboxylic acid groups (broad SMARTS) is 1. The van der Waals surface area contributed by atoms with Gasteiger partial charge in [0.15, 0.2) is 5.82 Å². The molecule has 0 aliphatic carbocycles. The van der Waals surface area contributed by atoms with Crippen LogP contribution < -0.4 is 5.32 Å². The summed E-state index contributed by atoms with van der Waals surface area (Å²) in [4.78, 5) is 37.2. The molecule has 0 spiro atoms. The van der Waals surface area contributed by atoms with Crippen molar-refractivity contribution >= 4 is 35.4 Å². The molecule has 138 valence electrons. The first-order valence-corrected chi connectivity index (χ1v) is 9.22. The van der Waals surface area contributed by atoms with Crippen molar-refractivity contribution in [2.24, 2.45) is 11.3 Å². The number of anilines is 1. The fourth-order valence-corrected chi connectivity index (χ4v) is 3.58. The number of nitrogens with zero attached hydrogens (tertiary/aromatic N) is 2. The van der Waals surface area contributed by atoms with E-state index in [9.17, 15) is 19.5 Å². The van der Waals surface area contributed by atoms with Gasteiger partial charge in [-0.15, -0.1) is 11.8 Å². The minimum absolute atomic E-state index is 0.0489. The molecular formula is C16H23N3O5S. The summed E-state index contributed by atoms with van der Waals surface area (Å²) in [6, 6.07) is 1.61. The van der Waals surface area contributed by atoms with Crippen molar-refractivity contribution in [2.45, 2.75) is 27.2 Å². The van der Waals surface area contributed by atoms with Crippen molar-refractivity contribution in [2.75, 3.05) is 29.9 Å². The minimum atomic E-state index is -0.873. The molecule has 0 radical (unpaired) electrons. The van der Waals surface area contributed by atoms with Crippen LogP contribution in [0.2, 0.25) is 0 Å². The van der Waals surface area contributed by atoms with Crippen molar-refractivity contribution in [3.05, 3.63) is 11.8 Å². The number of carboxylic acids is 1. The molecule has 1 aromatic rings. The fourth-order valence-electron chi connectivity index (χ4n) is 2.87. The Morgan fingerprint density at radius 3 is 2.68 bits per heavy atom. The first-order valence-electron chi connectivity index (χ1n) is 8.06. The summed E-state index contributed by atoms with van der Waals surface area (Å²) >= 11 is 1.19. The number of carbonyl (C=O) groups is 3. The zero-order chi connectivity index (χ0) is 18.6. The summed E-state index contributed by atoms with van der Waals surface area (Å²) in [5.41, 5.74) is -0.873. The third-order valence-corrected chi connectivity index (χ3v) is 5.46. The predicted molar refractivity (Wildman–Crippen MR) is 93.3 cm³/mol. The fraction of sp³-hybridized carbons (Fsp3) is 0.625. The van der Waals surface area contributed by atoms with E-state index >= 15 is 0 Å². The highest BCUT2D eigenvalue weighted by molar-refractivity contribution is 8.00. The lowest BCUT2D eigenvalue weighted by Gasteiger charge is -2.28. The molecule has 1 saturated heterocycles. The molecule has 8 nitrogen and oxygen atoms in total. The maximum Gasteiger partial charge on any atom is 0.311 e. The molecule has 2 N–H and O–H groups in total. The number of hydrogen-bond donors (Lipinski definition) is 2. The number of aryl methyl sites for hydroxylation is 1. The molecule has 1 unspecified atom stereocenters. The Morgan fingerprint density at radius 1 is 1.44 bits per heavy atom. The molecule has 0 bridgehead atoms. The van der Waals surface area contributed by atoms with E-state index in [0.717, 1.165) is 0 Å². The molecular weight excluding hydrogens is 346 g/mol. The molecule has 1 atom stereocenters. The summed E-state index contributed by atoms with van der Waals surface area (Å²) in [7, 11) is 0. The van der Waals surface area contributed by atoms with Gasteiger partial charge in [0, 0.05) is 19.2 Å². The van der Waals surface area contributed by atoms with E-state index in [2.05, 4.69) is 10.5 Å². The van der Waals surface area contributed by atoms with Gasteiger partial charge >= 0.3 is 5.97 Å². The molecule has 1 aliphatic rings. The Bertz CT molecular complexity index is 660. The average molecular weight is 369 g/mol. The molecule has 0 aromatic carbocycles. The van der Waals surface area contributed by atoms with Gasteiger partial charge in [-0.2, -0.15) is 0 Å². The van der Waals surface area contributed by atoms with E-state index in [-0.39, 0.29) is 35.8 Å². The third kappa shape index (κ3) is 4.53. The Kier molecular flexibility index (Phi) is 6.10. The summed E-state index contributed by atoms with van der Waals surface area (Å²) in [5.74, 6) is -0.122. The normalized spacial score (nSPS) is 20.1. The van der Waals surface area contributed by atoms with E-state index in [4.69, 9.17) is 4.52 Å². The summed E-state index contributed by atoms with van der Waals surface area (Å²) in [5, 5.41) is 15.8. The molecule has 1 aliphatic heterocycles. The molecule has 1 fully saturated rings. The zero-order valence-corrected chi connectivity index (χ0v) is 15.4. The number of hydrogen-bond acceptors (Lipinski definition) is 6. The van der Waals surface area contributed by atoms with Crippen molar-refractivity contribution in [3.8, 4) is 0 Å². The second kappa shape index (κ2) is 7.90. The van der Waals surface area contributed by atoms with Crippen LogP contribution in [0.25, 0.3) is 0 Å². The smallest absolute Gasteiger partial charge is 0.311 e. The number of nitrogens with one attached hydrogen (secondary N) is 1. The number of rotatable bonds is 7. The molecule has 2 rings (SSSR count). The third-order valence-electron chi connectivity index (χ3n) is 4.54. The van der Waals surface area contributed by atoms with Crippen LogP contribution in [0.5, 0.6) is 0 Å². The van der Waals surface area contributed by atoms with Crippen LogP contribution in [0.4, 0.5) is 5.82 Å². The van der Waals surface area contributed by atoms with Crippen LogP contribution >= 0.6 is 11.8 Å². The Hall–Kier alpha value is -2.03. The first-order chi connectivity index (χ1) is 11.7. The van der Waals surface area contributed by atoms with Gasteiger partial charge in [-0.05, 0) is 19.3 Å². The van der Waals surface area contributed by atoms with Gasteiger partial charge in [0.05, 0.1) is 16.9 Å². The first kappa shape index (κ1) is 19.3. The van der Waals surface area contributed by atoms with Crippen LogP contribution in [-0.2, 0) is 14.4 Å². The highest BCUT2D eigenvalue weighted by Crippen LogP contribution is 2.38. The maximum absolute atomic E-state index is 12.3. The minimum Gasteiger partial charge on any atom is -0.481 e. The van der Waals surface area contributed by atoms with Crippen LogP contribution in [0.3, 0.4) is 0 Å². The second-order valence-electron chi connectivity index (χ2n) is 6.55. The molecule has 25 heavy (non-hydrogen) atoms. The quantitative estimate of drug-likeness (QED) is 0.751. The topological polar surface area (TPSA) is 113 Å². The summed E-state index contributed by atoms with van der Waals surface area (Å²) < 4.78 is 4.85. The zero-order valence-electron chi connectivity index (χ0n) is 14.6. The van der Waals surface area contributed by atoms with Gasteiger partial charge in [-0.3, -0.25) is 14.4 Å². The van der Waals surface area contributed by atoms with E-state index in [0.29, 0.717) is 24.5 Å². The van der Waals surface area contributed by atoms with Crippen molar-refractivity contribution in [1.29, 1.82) is 0 Å². The number of carbonyl (C=O) groups excluding carboxylic acids is 2. The standard InChI is InChI=1S/C16H23N3O5S/c1-10(2)16(15(22)23)4-5-19(9-16)14(21)8-25-7-13(20)17-12-6-11(3)24-18-12/h6,10H,4-5,7-9H2,1-3H3,(H,22,23)(H,17,18,20). The summed E-state index contributed by atoms with van der Waals surface area (Å²) in [6.07, 6.45) is 0.461. The maximum atomic E-state index is 12.3. The highest BCUT2D eigenvalue weighted by atomic mass is 32.2. The SMILES string of the molecule is Cc1cc(NC(=O)CSCC(=O)N2CCC(C(=O)O)(C(C)C)C2)no1. The van der Waals surface area contributed by atoms with Crippen LogP contribution in [0, 0.1) is 18.3 Å². The van der Waals surface area contributed by atoms with Crippen LogP contribution in [0.15, 0.2) is 10.6 Å². The van der Waals surface area contributed by atoms with E-state index < -0.39 is 11.4 Å². The number of aliphatic carboxylic acids is 1. The van der Waals surface area contributed by atoms with Crippen molar-refractivity contribution in [1.82, 2.24) is 10.1 Å². The lowest BCUT2D eigenvalue weighted by atomic mass is 9.76. The number of amides is 2. The van der Waals surface area contributed by atoms with Crippen molar-refractivity contribution < 1.29 is 24.0 Å². The van der Waals surface area contributed by atoms with E-state index in [1.807, 2.05) is 13.8 Å². The van der Waals surface area contributed by atoms with E-state index in [1.165, 1.54) is 11.8 Å². The largest absolute Gasteiger partial charge is 0.481 e. The van der Waals surface area contributed by atoms with Gasteiger partial charge in [0.25, 0.3) is 0 Å². The van der Waals surface area contributed by atoms with Gasteiger partial charge in [0.1, 0.15) is 5.76 Å². The molecule has 2 heterocycles. The predicted octanol–water partition coefficient (Wildman–Crippen LogP) is 1.61. The number of likely N-dealkylation sites (tertiary alicyclic amines) is 1. The van der Waals surface area contributed by atoms with Gasteiger partial charge in [-0.25, -0.2) is 0 Å². The molecule has 1 aromatic heterocycles. The van der Waals surface area contributed by atoms with Crippen LogP contribution in [0.1, 0.15) is 26.0 Å². The molecule has 2 amide bonds. The second-order valence-corrected chi connectivity index (χ2v) is 7.53.